The van der Waals surface area contributed by atoms with Crippen LogP contribution < -0.4 is 15.3 Å². The third-order valence-corrected chi connectivity index (χ3v) is 3.09. The molecule has 109 valence electrons. The van der Waals surface area contributed by atoms with E-state index in [2.05, 4.69) is 10.9 Å². The van der Waals surface area contributed by atoms with Gasteiger partial charge in [0, 0.05) is 18.2 Å². The van der Waals surface area contributed by atoms with Gasteiger partial charge < -0.3 is 0 Å². The fraction of sp³-hybridized carbons (Fsp3) is 0.133. The summed E-state index contributed by atoms with van der Waals surface area (Å²) in [7, 11) is 1.32. The van der Waals surface area contributed by atoms with E-state index >= 15 is 0 Å². The number of halogens is 1. The number of pyridine rings is 1. The molecule has 0 spiro atoms. The number of nitrogens with one attached hydrogen (secondary N) is 2. The van der Waals surface area contributed by atoms with Crippen LogP contribution in [0.2, 0.25) is 0 Å². The number of hydrazine groups is 1. The molecule has 7 heteroatoms. The van der Waals surface area contributed by atoms with Gasteiger partial charge in [0.1, 0.15) is 24.2 Å². The third kappa shape index (κ3) is 4.14. The number of hydrogen-bond donors (Lipinski definition) is 2. The fourth-order valence-electron chi connectivity index (χ4n) is 1.82. The molecule has 1 amide bonds. The van der Waals surface area contributed by atoms with Crippen LogP contribution in [0.15, 0.2) is 48.8 Å². The second kappa shape index (κ2) is 7.34. The average molecular weight is 296 g/mol. The van der Waals surface area contributed by atoms with Crippen LogP contribution in [0.1, 0.15) is 28.9 Å². The van der Waals surface area contributed by atoms with E-state index in [1.165, 1.54) is 19.5 Å². The van der Waals surface area contributed by atoms with Gasteiger partial charge in [-0.15, -0.1) is 0 Å². The number of nitriles is 1. The SMILES string of the molecule is CC(NNC(=O)c1cc[n+]([B]C#N)cc1)c1ccc(F)cc1. The first-order chi connectivity index (χ1) is 10.6. The zero-order chi connectivity index (χ0) is 15.9. The second-order valence-electron chi connectivity index (χ2n) is 4.66. The quantitative estimate of drug-likeness (QED) is 0.640. The van der Waals surface area contributed by atoms with Crippen molar-refractivity contribution in [2.75, 3.05) is 0 Å². The smallest absolute Gasteiger partial charge is 0.287 e. The first kappa shape index (κ1) is 15.7. The Morgan fingerprint density at radius 3 is 2.50 bits per heavy atom. The maximum Gasteiger partial charge on any atom is 0.671 e. The Hall–Kier alpha value is -2.72. The summed E-state index contributed by atoms with van der Waals surface area (Å²) in [5.41, 5.74) is 6.78. The lowest BCUT2D eigenvalue weighted by Crippen LogP contribution is -2.41. The summed E-state index contributed by atoms with van der Waals surface area (Å²) in [6.45, 7) is 1.86. The van der Waals surface area contributed by atoms with Crippen LogP contribution in [-0.4, -0.2) is 13.3 Å². The molecular formula is C15H14BFN4O+. The molecule has 2 N–H and O–H groups in total. The Morgan fingerprint density at radius 2 is 1.91 bits per heavy atom. The van der Waals surface area contributed by atoms with E-state index in [1.807, 2.05) is 12.9 Å². The molecule has 0 bridgehead atoms. The zero-order valence-corrected chi connectivity index (χ0v) is 12.0. The van der Waals surface area contributed by atoms with Crippen molar-refractivity contribution in [2.24, 2.45) is 0 Å². The van der Waals surface area contributed by atoms with E-state index in [9.17, 15) is 9.18 Å². The van der Waals surface area contributed by atoms with Crippen molar-refractivity contribution in [3.05, 3.63) is 65.7 Å². The molecule has 0 aliphatic carbocycles. The minimum atomic E-state index is -0.299. The summed E-state index contributed by atoms with van der Waals surface area (Å²) in [5, 5.41) is 8.53. The highest BCUT2D eigenvalue weighted by atomic mass is 19.1. The lowest BCUT2D eigenvalue weighted by Gasteiger charge is -2.15. The predicted molar refractivity (Wildman–Crippen MR) is 78.8 cm³/mol. The molecule has 1 radical (unpaired) electrons. The molecule has 1 aromatic heterocycles. The monoisotopic (exact) mass is 296 g/mol. The largest absolute Gasteiger partial charge is 0.671 e. The average Bonchev–Trinajstić information content (AvgIpc) is 2.54. The van der Waals surface area contributed by atoms with Crippen molar-refractivity contribution >= 4 is 13.3 Å². The molecule has 0 fully saturated rings. The van der Waals surface area contributed by atoms with Crippen LogP contribution in [0.4, 0.5) is 4.39 Å². The van der Waals surface area contributed by atoms with E-state index in [-0.39, 0.29) is 17.8 Å². The Balaban J connectivity index is 1.91. The number of carbonyl (C=O) groups excluding carboxylic acids is 1. The van der Waals surface area contributed by atoms with E-state index in [1.54, 1.807) is 41.1 Å². The van der Waals surface area contributed by atoms with Gasteiger partial charge in [0.25, 0.3) is 5.91 Å². The third-order valence-electron chi connectivity index (χ3n) is 3.09. The molecule has 0 aliphatic rings. The molecule has 2 rings (SSSR count). The summed E-state index contributed by atoms with van der Waals surface area (Å²) in [6, 6.07) is 9.10. The second-order valence-corrected chi connectivity index (χ2v) is 4.66. The fourth-order valence-corrected chi connectivity index (χ4v) is 1.82. The van der Waals surface area contributed by atoms with Gasteiger partial charge in [-0.1, -0.05) is 12.1 Å². The molecule has 0 saturated carbocycles. The highest BCUT2D eigenvalue weighted by Gasteiger charge is 2.11. The number of benzene rings is 1. The summed E-state index contributed by atoms with van der Waals surface area (Å²) >= 11 is 0. The zero-order valence-electron chi connectivity index (χ0n) is 12.0. The summed E-state index contributed by atoms with van der Waals surface area (Å²) < 4.78 is 14.4. The lowest BCUT2D eigenvalue weighted by molar-refractivity contribution is -0.527. The van der Waals surface area contributed by atoms with Gasteiger partial charge in [-0.3, -0.25) is 14.7 Å². The number of hydrogen-bond acceptors (Lipinski definition) is 3. The molecule has 2 aromatic rings. The van der Waals surface area contributed by atoms with Crippen LogP contribution in [0.5, 0.6) is 0 Å². The number of aromatic nitrogens is 1. The van der Waals surface area contributed by atoms with Gasteiger partial charge in [0.2, 0.25) is 0 Å². The van der Waals surface area contributed by atoms with Crippen molar-refractivity contribution in [1.29, 1.82) is 5.26 Å². The molecule has 1 aromatic carbocycles. The van der Waals surface area contributed by atoms with E-state index < -0.39 is 0 Å². The van der Waals surface area contributed by atoms with E-state index in [0.29, 0.717) is 5.56 Å². The molecule has 5 nitrogen and oxygen atoms in total. The number of carbonyl (C=O) groups is 1. The van der Waals surface area contributed by atoms with Crippen LogP contribution in [0.25, 0.3) is 0 Å². The van der Waals surface area contributed by atoms with E-state index in [4.69, 9.17) is 5.26 Å². The first-order valence-electron chi connectivity index (χ1n) is 6.65. The topological polar surface area (TPSA) is 68.8 Å². The van der Waals surface area contributed by atoms with Crippen LogP contribution >= 0.6 is 0 Å². The Kier molecular flexibility index (Phi) is 5.23. The Labute approximate surface area is 128 Å². The number of nitrogens with zero attached hydrogens (tertiary/aromatic N) is 2. The van der Waals surface area contributed by atoms with Crippen molar-refractivity contribution in [2.45, 2.75) is 13.0 Å². The summed E-state index contributed by atoms with van der Waals surface area (Å²) in [6.07, 6.45) is 3.23. The molecule has 0 aliphatic heterocycles. The number of rotatable bonds is 5. The lowest BCUT2D eigenvalue weighted by atomic mass is 9.98. The van der Waals surface area contributed by atoms with Gasteiger partial charge in [0.15, 0.2) is 0 Å². The number of amides is 1. The normalized spacial score (nSPS) is 11.3. The maximum absolute atomic E-state index is 12.9. The highest BCUT2D eigenvalue weighted by Crippen LogP contribution is 2.11. The molecule has 1 heterocycles. The molecule has 1 atom stereocenters. The van der Waals surface area contributed by atoms with Crippen LogP contribution in [0.3, 0.4) is 0 Å². The molecular weight excluding hydrogens is 282 g/mol. The van der Waals surface area contributed by atoms with Crippen LogP contribution in [-0.2, 0) is 0 Å². The van der Waals surface area contributed by atoms with Crippen molar-refractivity contribution in [1.82, 2.24) is 10.9 Å². The Bertz CT molecular complexity index is 682. The molecule has 1 unspecified atom stereocenters. The van der Waals surface area contributed by atoms with Gasteiger partial charge in [-0.2, -0.15) is 0 Å². The van der Waals surface area contributed by atoms with Gasteiger partial charge in [0.05, 0.1) is 5.56 Å². The van der Waals surface area contributed by atoms with Crippen LogP contribution in [0, 0.1) is 17.0 Å². The highest BCUT2D eigenvalue weighted by molar-refractivity contribution is 6.35. The molecule has 22 heavy (non-hydrogen) atoms. The minimum absolute atomic E-state index is 0.162. The Morgan fingerprint density at radius 1 is 1.27 bits per heavy atom. The van der Waals surface area contributed by atoms with Crippen molar-refractivity contribution < 1.29 is 13.7 Å². The van der Waals surface area contributed by atoms with Gasteiger partial charge in [-0.05, 0) is 24.6 Å². The minimum Gasteiger partial charge on any atom is -0.287 e. The maximum atomic E-state index is 12.9. The van der Waals surface area contributed by atoms with Gasteiger partial charge >= 0.3 is 7.41 Å². The van der Waals surface area contributed by atoms with Crippen molar-refractivity contribution in [3.8, 4) is 5.97 Å². The van der Waals surface area contributed by atoms with Gasteiger partial charge in [-0.25, -0.2) is 15.1 Å². The van der Waals surface area contributed by atoms with Crippen molar-refractivity contribution in [3.63, 3.8) is 0 Å². The molecule has 0 saturated heterocycles. The first-order valence-corrected chi connectivity index (χ1v) is 6.65. The predicted octanol–water partition coefficient (Wildman–Crippen LogP) is 1.06. The standard InChI is InChI=1S/C15H14BFN4O/c1-11(12-2-4-14(17)5-3-12)19-20-15(22)13-6-8-21(9-7-13)16-10-18/h2-9,11,19H,1H3,(H,20,22)/q+1. The summed E-state index contributed by atoms with van der Waals surface area (Å²) in [5.74, 6) is 1.30. The summed E-state index contributed by atoms with van der Waals surface area (Å²) in [4.78, 5) is 12.0. The van der Waals surface area contributed by atoms with E-state index in [0.717, 1.165) is 5.56 Å².